The molecule has 0 aliphatic carbocycles. The fourth-order valence-electron chi connectivity index (χ4n) is 1.60. The molecule has 0 unspecified atom stereocenters. The molecule has 1 aromatic carbocycles. The first-order chi connectivity index (χ1) is 11.4. The summed E-state index contributed by atoms with van der Waals surface area (Å²) in [5.41, 5.74) is -0.714. The smallest absolute Gasteiger partial charge is 0.337 e. The van der Waals surface area contributed by atoms with Crippen LogP contribution in [0.3, 0.4) is 0 Å². The molecule has 0 radical (unpaired) electrons. The van der Waals surface area contributed by atoms with Crippen molar-refractivity contribution in [2.45, 2.75) is 47.8 Å². The zero-order chi connectivity index (χ0) is 19.4. The summed E-state index contributed by atoms with van der Waals surface area (Å²) >= 11 is 0. The first-order valence-corrected chi connectivity index (χ1v) is 7.96. The molecule has 0 aliphatic rings. The molecular formula is C19H26O6. The lowest BCUT2D eigenvalue weighted by Crippen LogP contribution is -2.30. The van der Waals surface area contributed by atoms with E-state index < -0.39 is 35.0 Å². The van der Waals surface area contributed by atoms with Gasteiger partial charge in [0, 0.05) is 5.56 Å². The lowest BCUT2D eigenvalue weighted by Gasteiger charge is -2.26. The summed E-state index contributed by atoms with van der Waals surface area (Å²) in [5, 5.41) is 0. The van der Waals surface area contributed by atoms with E-state index in [0.29, 0.717) is 11.1 Å². The van der Waals surface area contributed by atoms with Crippen LogP contribution in [0.1, 0.15) is 63.8 Å². The van der Waals surface area contributed by atoms with Gasteiger partial charge in [-0.25, -0.2) is 4.79 Å². The Morgan fingerprint density at radius 1 is 0.800 bits per heavy atom. The largest absolute Gasteiger partial charge is 0.465 e. The third-order valence-electron chi connectivity index (χ3n) is 3.26. The van der Waals surface area contributed by atoms with E-state index in [1.807, 2.05) is 0 Å². The Bertz CT molecular complexity index is 603. The molecule has 6 heteroatoms. The highest BCUT2D eigenvalue weighted by Gasteiger charge is 2.32. The van der Waals surface area contributed by atoms with E-state index in [-0.39, 0.29) is 0 Å². The molecule has 0 saturated heterocycles. The Labute approximate surface area is 148 Å². The highest BCUT2D eigenvalue weighted by Crippen LogP contribution is 2.28. The van der Waals surface area contributed by atoms with Crippen molar-refractivity contribution in [3.05, 3.63) is 35.4 Å². The van der Waals surface area contributed by atoms with Gasteiger partial charge in [0.15, 0.2) is 0 Å². The van der Waals surface area contributed by atoms with Crippen LogP contribution in [0.4, 0.5) is 0 Å². The second-order valence-electron chi connectivity index (χ2n) is 7.76. The molecule has 0 N–H and O–H groups in total. The van der Waals surface area contributed by atoms with Gasteiger partial charge in [0.05, 0.1) is 23.5 Å². The molecule has 6 nitrogen and oxygen atoms in total. The summed E-state index contributed by atoms with van der Waals surface area (Å²) in [5.74, 6) is -1.49. The number of rotatable bonds is 4. The van der Waals surface area contributed by atoms with Crippen LogP contribution in [-0.2, 0) is 23.8 Å². The van der Waals surface area contributed by atoms with Gasteiger partial charge in [-0.3, -0.25) is 9.59 Å². The van der Waals surface area contributed by atoms with E-state index in [1.165, 1.54) is 19.2 Å². The average molecular weight is 350 g/mol. The van der Waals surface area contributed by atoms with Crippen LogP contribution in [0.25, 0.3) is 0 Å². The number of esters is 3. The van der Waals surface area contributed by atoms with Crippen molar-refractivity contribution in [1.29, 1.82) is 0 Å². The number of hydrogen-bond acceptors (Lipinski definition) is 6. The molecule has 1 aromatic rings. The van der Waals surface area contributed by atoms with Gasteiger partial charge in [0.25, 0.3) is 6.29 Å². The molecule has 25 heavy (non-hydrogen) atoms. The summed E-state index contributed by atoms with van der Waals surface area (Å²) in [7, 11) is 1.29. The first-order valence-electron chi connectivity index (χ1n) is 7.96. The van der Waals surface area contributed by atoms with Gasteiger partial charge in [0.1, 0.15) is 0 Å². The quantitative estimate of drug-likeness (QED) is 0.609. The Hall–Kier alpha value is -2.37. The van der Waals surface area contributed by atoms with Gasteiger partial charge in [-0.1, -0.05) is 12.1 Å². The van der Waals surface area contributed by atoms with Crippen LogP contribution < -0.4 is 0 Å². The fraction of sp³-hybridized carbons (Fsp3) is 0.526. The second kappa shape index (κ2) is 7.68. The summed E-state index contributed by atoms with van der Waals surface area (Å²) in [6.07, 6.45) is -1.19. The molecule has 0 saturated carbocycles. The molecule has 1 rings (SSSR count). The Morgan fingerprint density at radius 3 is 1.52 bits per heavy atom. The van der Waals surface area contributed by atoms with Gasteiger partial charge in [-0.2, -0.15) is 0 Å². The topological polar surface area (TPSA) is 78.9 Å². The van der Waals surface area contributed by atoms with E-state index in [0.717, 1.165) is 0 Å². The number of benzene rings is 1. The lowest BCUT2D eigenvalue weighted by atomic mass is 9.97. The third kappa shape index (κ3) is 5.89. The van der Waals surface area contributed by atoms with Crippen LogP contribution in [0.2, 0.25) is 0 Å². The zero-order valence-electron chi connectivity index (χ0n) is 15.8. The van der Waals surface area contributed by atoms with Crippen molar-refractivity contribution in [2.75, 3.05) is 7.11 Å². The van der Waals surface area contributed by atoms with Gasteiger partial charge in [0.2, 0.25) is 0 Å². The molecule has 0 aliphatic heterocycles. The normalized spacial score (nSPS) is 11.8. The molecule has 0 atom stereocenters. The summed E-state index contributed by atoms with van der Waals surface area (Å²) in [6.45, 7) is 10.2. The summed E-state index contributed by atoms with van der Waals surface area (Å²) in [4.78, 5) is 35.9. The van der Waals surface area contributed by atoms with E-state index in [4.69, 9.17) is 9.47 Å². The predicted molar refractivity (Wildman–Crippen MR) is 91.6 cm³/mol. The van der Waals surface area contributed by atoms with Crippen LogP contribution in [0.15, 0.2) is 24.3 Å². The van der Waals surface area contributed by atoms with Crippen LogP contribution in [0.5, 0.6) is 0 Å². The summed E-state index contributed by atoms with van der Waals surface area (Å²) < 4.78 is 15.4. The second-order valence-corrected chi connectivity index (χ2v) is 7.76. The van der Waals surface area contributed by atoms with Crippen molar-refractivity contribution in [2.24, 2.45) is 10.8 Å². The fourth-order valence-corrected chi connectivity index (χ4v) is 1.60. The van der Waals surface area contributed by atoms with Crippen molar-refractivity contribution in [1.82, 2.24) is 0 Å². The van der Waals surface area contributed by atoms with Gasteiger partial charge in [-0.05, 0) is 53.7 Å². The van der Waals surface area contributed by atoms with Gasteiger partial charge in [-0.15, -0.1) is 0 Å². The molecule has 0 fully saturated rings. The lowest BCUT2D eigenvalue weighted by molar-refractivity contribution is -0.200. The molecular weight excluding hydrogens is 324 g/mol. The minimum Gasteiger partial charge on any atom is -0.465 e. The van der Waals surface area contributed by atoms with E-state index in [9.17, 15) is 14.4 Å². The number of ether oxygens (including phenoxy) is 3. The maximum absolute atomic E-state index is 12.2. The standard InChI is InChI=1S/C19H26O6/c1-18(2,3)16(21)24-15(25-17(22)19(4,5)6)13-10-8-12(9-11-13)14(20)23-7/h8-11,15H,1-7H3. The monoisotopic (exact) mass is 350 g/mol. The number of carbonyl (C=O) groups is 3. The molecule has 0 bridgehead atoms. The van der Waals surface area contributed by atoms with Crippen LogP contribution >= 0.6 is 0 Å². The molecule has 0 spiro atoms. The Morgan fingerprint density at radius 2 is 1.20 bits per heavy atom. The van der Waals surface area contributed by atoms with Gasteiger partial charge < -0.3 is 14.2 Å². The zero-order valence-corrected chi connectivity index (χ0v) is 15.8. The highest BCUT2D eigenvalue weighted by atomic mass is 16.7. The van der Waals surface area contributed by atoms with E-state index in [1.54, 1.807) is 53.7 Å². The van der Waals surface area contributed by atoms with E-state index in [2.05, 4.69) is 4.74 Å². The van der Waals surface area contributed by atoms with Crippen LogP contribution in [0, 0.1) is 10.8 Å². The minimum absolute atomic E-state index is 0.342. The SMILES string of the molecule is COC(=O)c1ccc(C(OC(=O)C(C)(C)C)OC(=O)C(C)(C)C)cc1. The maximum atomic E-state index is 12.2. The number of methoxy groups -OCH3 is 1. The van der Waals surface area contributed by atoms with Crippen molar-refractivity contribution < 1.29 is 28.6 Å². The molecule has 138 valence electrons. The van der Waals surface area contributed by atoms with Crippen molar-refractivity contribution in [3.63, 3.8) is 0 Å². The highest BCUT2D eigenvalue weighted by molar-refractivity contribution is 5.89. The summed E-state index contributed by atoms with van der Waals surface area (Å²) in [6, 6.07) is 6.15. The Balaban J connectivity index is 3.11. The number of carbonyl (C=O) groups excluding carboxylic acids is 3. The first kappa shape index (κ1) is 20.7. The molecule has 0 aromatic heterocycles. The predicted octanol–water partition coefficient (Wildman–Crippen LogP) is 3.65. The number of hydrogen-bond donors (Lipinski definition) is 0. The third-order valence-corrected chi connectivity index (χ3v) is 3.26. The molecule has 0 amide bonds. The van der Waals surface area contributed by atoms with Gasteiger partial charge >= 0.3 is 17.9 Å². The van der Waals surface area contributed by atoms with Crippen molar-refractivity contribution >= 4 is 17.9 Å². The van der Waals surface area contributed by atoms with Crippen LogP contribution in [-0.4, -0.2) is 25.0 Å². The average Bonchev–Trinajstić information content (AvgIpc) is 2.51. The Kier molecular flexibility index (Phi) is 6.35. The minimum atomic E-state index is -1.19. The van der Waals surface area contributed by atoms with Crippen molar-refractivity contribution in [3.8, 4) is 0 Å². The maximum Gasteiger partial charge on any atom is 0.337 e. The molecule has 0 heterocycles. The van der Waals surface area contributed by atoms with E-state index >= 15 is 0 Å².